The highest BCUT2D eigenvalue weighted by atomic mass is 19.1. The van der Waals surface area contributed by atoms with Crippen LogP contribution in [-0.2, 0) is 31.2 Å². The van der Waals surface area contributed by atoms with Gasteiger partial charge >= 0.3 is 17.9 Å². The molecule has 0 bridgehead atoms. The monoisotopic (exact) mass is 862 g/mol. The molecule has 0 aromatic heterocycles. The van der Waals surface area contributed by atoms with E-state index in [1.807, 2.05) is 30.3 Å². The normalized spacial score (nSPS) is 16.4. The van der Waals surface area contributed by atoms with Crippen LogP contribution in [0, 0.1) is 24.5 Å². The molecule has 0 saturated heterocycles. The van der Waals surface area contributed by atoms with Crippen LogP contribution in [0.25, 0.3) is 28.0 Å². The number of carbonyl (C=O) groups excluding carboxylic acids is 3. The maximum atomic E-state index is 14.2. The van der Waals surface area contributed by atoms with Gasteiger partial charge in [-0.1, -0.05) is 105 Å². The van der Waals surface area contributed by atoms with Crippen molar-refractivity contribution in [2.75, 3.05) is 13.7 Å². The van der Waals surface area contributed by atoms with Crippen LogP contribution in [0.1, 0.15) is 118 Å². The largest absolute Gasteiger partial charge is 0.472 e. The summed E-state index contributed by atoms with van der Waals surface area (Å²) < 4.78 is 51.4. The number of fused-ring (bicyclic) bond motifs is 3. The lowest BCUT2D eigenvalue weighted by atomic mass is 9.77. The maximum absolute atomic E-state index is 14.2. The van der Waals surface area contributed by atoms with Gasteiger partial charge in [0.2, 0.25) is 0 Å². The molecule has 0 N–H and O–H groups in total. The predicted molar refractivity (Wildman–Crippen MR) is 244 cm³/mol. The van der Waals surface area contributed by atoms with Crippen molar-refractivity contribution in [3.8, 4) is 16.9 Å². The molecule has 1 saturated carbocycles. The van der Waals surface area contributed by atoms with E-state index >= 15 is 0 Å². The van der Waals surface area contributed by atoms with Crippen LogP contribution in [0.5, 0.6) is 5.75 Å². The van der Waals surface area contributed by atoms with Crippen molar-refractivity contribution in [1.82, 2.24) is 0 Å². The lowest BCUT2D eigenvalue weighted by molar-refractivity contribution is -0.144. The molecule has 8 rings (SSSR count). The fraction of sp³-hybridized carbons (Fsp3) is 0.291. The number of methoxy groups -OCH3 is 1. The molecular formula is C55H52F2O7. The Bertz CT molecular complexity index is 2620. The van der Waals surface area contributed by atoms with Crippen molar-refractivity contribution in [1.29, 1.82) is 0 Å². The molecule has 2 aliphatic rings. The number of carbonyl (C=O) groups is 3. The number of hydrogen-bond donors (Lipinski definition) is 0. The summed E-state index contributed by atoms with van der Waals surface area (Å²) >= 11 is 0. The minimum absolute atomic E-state index is 0.171. The molecule has 6 aromatic rings. The van der Waals surface area contributed by atoms with Gasteiger partial charge in [0.1, 0.15) is 24.0 Å². The van der Waals surface area contributed by atoms with Crippen LogP contribution in [0.4, 0.5) is 8.78 Å². The van der Waals surface area contributed by atoms with Gasteiger partial charge in [-0.25, -0.2) is 23.2 Å². The van der Waals surface area contributed by atoms with Crippen molar-refractivity contribution < 1.29 is 42.1 Å². The summed E-state index contributed by atoms with van der Waals surface area (Å²) in [4.78, 5) is 39.1. The smallest absolute Gasteiger partial charge is 0.344 e. The van der Waals surface area contributed by atoms with Crippen molar-refractivity contribution >= 4 is 34.8 Å². The zero-order chi connectivity index (χ0) is 44.8. The van der Waals surface area contributed by atoms with E-state index in [4.69, 9.17) is 18.9 Å². The first-order chi connectivity index (χ1) is 31.1. The summed E-state index contributed by atoms with van der Waals surface area (Å²) in [5, 5.41) is 1.32. The summed E-state index contributed by atoms with van der Waals surface area (Å²) in [6, 6.07) is 33.1. The third kappa shape index (κ3) is 9.35. The van der Waals surface area contributed by atoms with E-state index in [2.05, 4.69) is 31.2 Å². The molecule has 1 fully saturated rings. The Kier molecular flexibility index (Phi) is 13.4. The van der Waals surface area contributed by atoms with Crippen molar-refractivity contribution in [2.45, 2.75) is 83.3 Å². The Morgan fingerprint density at radius 3 is 1.98 bits per heavy atom. The van der Waals surface area contributed by atoms with E-state index in [0.29, 0.717) is 50.3 Å². The van der Waals surface area contributed by atoms with Crippen LogP contribution >= 0.6 is 0 Å². The van der Waals surface area contributed by atoms with Gasteiger partial charge in [0, 0.05) is 22.1 Å². The number of hydrogen-bond acceptors (Lipinski definition) is 7. The minimum atomic E-state index is -1.34. The zero-order valence-corrected chi connectivity index (χ0v) is 36.5. The molecule has 328 valence electrons. The van der Waals surface area contributed by atoms with E-state index in [-0.39, 0.29) is 12.2 Å². The van der Waals surface area contributed by atoms with Crippen molar-refractivity contribution in [3.63, 3.8) is 0 Å². The number of esters is 3. The molecular weight excluding hydrogens is 811 g/mol. The second-order valence-electron chi connectivity index (χ2n) is 16.9. The SMILES string of the molecule is CCCCCC1CCC(c2ccc(COC(=O)c3ccc(-c4ccc5c6c(c(C(=O)OCC(=O)OC)c(C)c5c4)C=CC(c4ccc(F)cc4)(c4ccc(F)cc4)O6)cc3)cc2)CC1. The molecule has 0 radical (unpaired) electrons. The molecule has 64 heavy (non-hydrogen) atoms. The topological polar surface area (TPSA) is 88.1 Å². The fourth-order valence-corrected chi connectivity index (χ4v) is 9.27. The van der Waals surface area contributed by atoms with Gasteiger partial charge in [-0.2, -0.15) is 0 Å². The average molecular weight is 863 g/mol. The van der Waals surface area contributed by atoms with Crippen LogP contribution in [-0.4, -0.2) is 31.6 Å². The highest BCUT2D eigenvalue weighted by Gasteiger charge is 2.40. The van der Waals surface area contributed by atoms with Gasteiger partial charge < -0.3 is 18.9 Å². The second kappa shape index (κ2) is 19.4. The summed E-state index contributed by atoms with van der Waals surface area (Å²) in [6.07, 6.45) is 13.9. The number of unbranched alkanes of at least 4 members (excludes halogenated alkanes) is 2. The maximum Gasteiger partial charge on any atom is 0.344 e. The van der Waals surface area contributed by atoms with Gasteiger partial charge in [-0.05, 0) is 132 Å². The molecule has 0 spiro atoms. The highest BCUT2D eigenvalue weighted by Crippen LogP contribution is 2.48. The Morgan fingerprint density at radius 1 is 0.719 bits per heavy atom. The standard InChI is InChI=1S/C55H52F2O7/c1-4-5-6-7-36-8-12-38(13-9-36)39-14-10-37(11-15-39)33-62-53(59)41-18-16-40(17-19-41)42-20-29-47-49(32-42)35(2)51(54(60)63-34-50(58)61-3)48-30-31-55(64-52(47)48,43-21-25-45(56)26-22-43)44-23-27-46(57)28-24-44/h10-11,14-32,36,38H,4-9,12-13,33-34H2,1-3H3. The van der Waals surface area contributed by atoms with E-state index in [0.717, 1.165) is 22.6 Å². The van der Waals surface area contributed by atoms with Crippen molar-refractivity contribution in [3.05, 3.63) is 177 Å². The number of halogens is 2. The van der Waals surface area contributed by atoms with Gasteiger partial charge in [0.15, 0.2) is 12.2 Å². The van der Waals surface area contributed by atoms with Crippen molar-refractivity contribution in [2.24, 2.45) is 5.92 Å². The summed E-state index contributed by atoms with van der Waals surface area (Å²) in [5.74, 6) is -0.983. The summed E-state index contributed by atoms with van der Waals surface area (Å²) in [7, 11) is 1.21. The van der Waals surface area contributed by atoms with E-state index in [1.165, 1.54) is 88.3 Å². The second-order valence-corrected chi connectivity index (χ2v) is 16.9. The van der Waals surface area contributed by atoms with Crippen LogP contribution in [0.15, 0.2) is 121 Å². The summed E-state index contributed by atoms with van der Waals surface area (Å²) in [5.41, 5.74) is 5.29. The van der Waals surface area contributed by atoms with E-state index in [1.54, 1.807) is 55.5 Å². The fourth-order valence-electron chi connectivity index (χ4n) is 9.27. The van der Waals surface area contributed by atoms with Gasteiger partial charge in [0.25, 0.3) is 0 Å². The average Bonchev–Trinajstić information content (AvgIpc) is 3.33. The first-order valence-electron chi connectivity index (χ1n) is 22.2. The molecule has 0 amide bonds. The summed E-state index contributed by atoms with van der Waals surface area (Å²) in [6.45, 7) is 3.63. The Balaban J connectivity index is 1.04. The van der Waals surface area contributed by atoms with Crippen LogP contribution < -0.4 is 4.74 Å². The van der Waals surface area contributed by atoms with E-state index < -0.39 is 41.8 Å². The highest BCUT2D eigenvalue weighted by molar-refractivity contribution is 6.07. The number of benzene rings is 6. The zero-order valence-electron chi connectivity index (χ0n) is 36.5. The lowest BCUT2D eigenvalue weighted by Crippen LogP contribution is -2.35. The predicted octanol–water partition coefficient (Wildman–Crippen LogP) is 13.0. The van der Waals surface area contributed by atoms with Gasteiger partial charge in [0.05, 0.1) is 18.2 Å². The van der Waals surface area contributed by atoms with Gasteiger partial charge in [-0.3, -0.25) is 0 Å². The van der Waals surface area contributed by atoms with Crippen LogP contribution in [0.3, 0.4) is 0 Å². The molecule has 7 nitrogen and oxygen atoms in total. The molecule has 0 atom stereocenters. The molecule has 1 heterocycles. The first kappa shape index (κ1) is 44.0. The van der Waals surface area contributed by atoms with Crippen LogP contribution in [0.2, 0.25) is 0 Å². The molecule has 9 heteroatoms. The number of ether oxygens (including phenoxy) is 4. The quantitative estimate of drug-likeness (QED) is 0.0612. The molecule has 0 unspecified atom stereocenters. The third-order valence-electron chi connectivity index (χ3n) is 12.9. The lowest BCUT2D eigenvalue weighted by Gasteiger charge is -2.37. The van der Waals surface area contributed by atoms with Gasteiger partial charge in [-0.15, -0.1) is 0 Å². The molecule has 1 aliphatic carbocycles. The van der Waals surface area contributed by atoms with E-state index in [9.17, 15) is 23.2 Å². The Hall–Kier alpha value is -6.61. The Morgan fingerprint density at radius 2 is 1.36 bits per heavy atom. The Labute approximate surface area is 373 Å². The number of rotatable bonds is 14. The minimum Gasteiger partial charge on any atom is -0.472 e. The number of aryl methyl sites for hydroxylation is 1. The first-order valence-corrected chi connectivity index (χ1v) is 22.2. The third-order valence-corrected chi connectivity index (χ3v) is 12.9. The molecule has 1 aliphatic heterocycles. The molecule has 6 aromatic carbocycles.